The molecule has 0 saturated carbocycles. The highest BCUT2D eigenvalue weighted by Crippen LogP contribution is 2.37. The molecule has 5 amide bonds. The minimum Gasteiger partial charge on any atom is -0.497 e. The van der Waals surface area contributed by atoms with Crippen molar-refractivity contribution in [2.75, 3.05) is 74.5 Å². The number of benzene rings is 4. The Morgan fingerprint density at radius 1 is 0.690 bits per heavy atom. The Morgan fingerprint density at radius 2 is 1.28 bits per heavy atom. The molecule has 0 unspecified atom stereocenters. The van der Waals surface area contributed by atoms with E-state index >= 15 is 0 Å². The molecular weight excluding hydrogens is 941 g/mol. The van der Waals surface area contributed by atoms with Gasteiger partial charge in [0.05, 0.1) is 80.3 Å². The summed E-state index contributed by atoms with van der Waals surface area (Å²) < 4.78 is 35.5. The molecule has 6 aromatic rings. The number of anilines is 3. The number of aromatic nitrogens is 3. The fourth-order valence-electron chi connectivity index (χ4n) is 8.30. The van der Waals surface area contributed by atoms with E-state index in [1.807, 2.05) is 18.2 Å². The predicted octanol–water partition coefficient (Wildman–Crippen LogP) is 4.29. The number of methoxy groups -OCH3 is 2. The van der Waals surface area contributed by atoms with Gasteiger partial charge in [0.1, 0.15) is 36.9 Å². The topological polar surface area (TPSA) is 240 Å². The van der Waals surface area contributed by atoms with Crippen LogP contribution in [0.3, 0.4) is 0 Å². The largest absolute Gasteiger partial charge is 0.497 e. The van der Waals surface area contributed by atoms with Crippen molar-refractivity contribution in [2.24, 2.45) is 0 Å². The Hall–Kier alpha value is -8.27. The van der Waals surface area contributed by atoms with Gasteiger partial charge < -0.3 is 53.5 Å². The van der Waals surface area contributed by atoms with E-state index in [0.29, 0.717) is 82.1 Å². The second kappa shape index (κ2) is 21.2. The van der Waals surface area contributed by atoms with Gasteiger partial charge in [-0.3, -0.25) is 33.8 Å². The van der Waals surface area contributed by atoms with Gasteiger partial charge in [-0.2, -0.15) is 0 Å². The Labute approximate surface area is 408 Å². The van der Waals surface area contributed by atoms with Crippen molar-refractivity contribution < 1.29 is 52.4 Å². The van der Waals surface area contributed by atoms with Crippen molar-refractivity contribution in [1.29, 1.82) is 0 Å². The smallest absolute Gasteiger partial charge is 0.414 e. The molecule has 0 aliphatic carbocycles. The van der Waals surface area contributed by atoms with Crippen molar-refractivity contribution in [2.45, 2.75) is 43.0 Å². The number of thioether (sulfide) groups is 1. The number of fused-ring (bicyclic) bond motifs is 4. The molecule has 0 radical (unpaired) electrons. The van der Waals surface area contributed by atoms with E-state index < -0.39 is 24.4 Å². The molecule has 6 heterocycles. The summed E-state index contributed by atoms with van der Waals surface area (Å²) in [6.07, 6.45) is -0.653. The summed E-state index contributed by atoms with van der Waals surface area (Å²) in [5, 5.41) is 9.26. The van der Waals surface area contributed by atoms with Crippen LogP contribution in [0.4, 0.5) is 26.7 Å². The summed E-state index contributed by atoms with van der Waals surface area (Å²) in [4.78, 5) is 94.3. The van der Waals surface area contributed by atoms with Gasteiger partial charge in [-0.05, 0) is 66.0 Å². The first-order valence-corrected chi connectivity index (χ1v) is 23.6. The van der Waals surface area contributed by atoms with E-state index in [9.17, 15) is 33.6 Å². The lowest BCUT2D eigenvalue weighted by molar-refractivity contribution is -0.122. The van der Waals surface area contributed by atoms with Crippen LogP contribution >= 0.6 is 11.8 Å². The normalized spacial score (nSPS) is 16.8. The number of nitrogens with one attached hydrogen (secondary N) is 3. The summed E-state index contributed by atoms with van der Waals surface area (Å²) in [6.45, 7) is 2.17. The molecule has 4 aliphatic rings. The van der Waals surface area contributed by atoms with Gasteiger partial charge in [0.2, 0.25) is 17.7 Å². The number of amides is 5. The number of carbonyl (C=O) groups excluding carboxylic acids is 5. The van der Waals surface area contributed by atoms with E-state index in [0.717, 1.165) is 10.3 Å². The highest BCUT2D eigenvalue weighted by Gasteiger charge is 2.35. The van der Waals surface area contributed by atoms with Gasteiger partial charge in [0, 0.05) is 60.8 Å². The number of hydrogen-bond donors (Lipinski definition) is 3. The molecule has 10 rings (SSSR count). The molecular formula is C49H48N8O13S. The first kappa shape index (κ1) is 47.8. The molecule has 21 nitrogen and oxygen atoms in total. The van der Waals surface area contributed by atoms with Crippen LogP contribution in [0.2, 0.25) is 0 Å². The number of carbonyl (C=O) groups is 5. The lowest BCUT2D eigenvalue weighted by Gasteiger charge is -2.21. The van der Waals surface area contributed by atoms with Crippen LogP contribution in [-0.4, -0.2) is 116 Å². The van der Waals surface area contributed by atoms with Crippen molar-refractivity contribution in [1.82, 2.24) is 24.8 Å². The average molecular weight is 989 g/mol. The predicted molar refractivity (Wildman–Crippen MR) is 261 cm³/mol. The highest BCUT2D eigenvalue weighted by molar-refractivity contribution is 8.00. The van der Waals surface area contributed by atoms with Gasteiger partial charge >= 0.3 is 12.2 Å². The number of pyridine rings is 1. The van der Waals surface area contributed by atoms with E-state index in [1.54, 1.807) is 72.3 Å². The monoisotopic (exact) mass is 988 g/mol. The third kappa shape index (κ3) is 11.0. The molecule has 0 spiro atoms. The van der Waals surface area contributed by atoms with Crippen LogP contribution in [0.5, 0.6) is 23.0 Å². The zero-order valence-corrected chi connectivity index (χ0v) is 39.4. The molecule has 368 valence electrons. The Balaban J connectivity index is 0.000000176. The molecule has 2 saturated heterocycles. The zero-order valence-electron chi connectivity index (χ0n) is 38.5. The second-order valence-corrected chi connectivity index (χ2v) is 17.6. The Kier molecular flexibility index (Phi) is 14.2. The molecule has 3 N–H and O–H groups in total. The first-order chi connectivity index (χ1) is 34.4. The third-order valence-electron chi connectivity index (χ3n) is 11.9. The first-order valence-electron chi connectivity index (χ1n) is 22.6. The molecule has 22 heteroatoms. The quantitative estimate of drug-likeness (QED) is 0.138. The number of cyclic esters (lactones) is 2. The second-order valence-electron chi connectivity index (χ2n) is 16.5. The fourth-order valence-corrected chi connectivity index (χ4v) is 9.09. The fraction of sp³-hybridized carbons (Fsp3) is 0.306. The summed E-state index contributed by atoms with van der Waals surface area (Å²) >= 11 is 1.44. The average Bonchev–Trinajstić information content (AvgIpc) is 3.96. The van der Waals surface area contributed by atoms with E-state index in [1.165, 1.54) is 45.5 Å². The Morgan fingerprint density at radius 3 is 1.96 bits per heavy atom. The molecule has 2 aromatic heterocycles. The molecule has 2 fully saturated rings. The molecule has 2 atom stereocenters. The molecule has 71 heavy (non-hydrogen) atoms. The van der Waals surface area contributed by atoms with Gasteiger partial charge in [-0.15, -0.1) is 11.8 Å². The summed E-state index contributed by atoms with van der Waals surface area (Å²) in [5.41, 5.74) is 3.29. The van der Waals surface area contributed by atoms with Crippen LogP contribution < -0.4 is 55.8 Å². The van der Waals surface area contributed by atoms with Crippen molar-refractivity contribution >= 4 is 80.7 Å². The van der Waals surface area contributed by atoms with Crippen molar-refractivity contribution in [3.05, 3.63) is 112 Å². The third-order valence-corrected chi connectivity index (χ3v) is 13.0. The maximum Gasteiger partial charge on any atom is 0.414 e. The maximum atomic E-state index is 12.5. The van der Waals surface area contributed by atoms with Gasteiger partial charge in [0.25, 0.3) is 11.1 Å². The highest BCUT2D eigenvalue weighted by atomic mass is 32.2. The number of hydrogen-bond acceptors (Lipinski definition) is 15. The number of rotatable bonds is 14. The molecule has 0 bridgehead atoms. The van der Waals surface area contributed by atoms with E-state index in [-0.39, 0.29) is 74.4 Å². The van der Waals surface area contributed by atoms with Crippen LogP contribution in [0, 0.1) is 0 Å². The SMILES string of the molecule is COc1ccc2ccc(=O)n(CCC(=O)NC[C@@H]3CN(c4ccc5c(c4)OCCO5)C(=O)O3)c2c1.COc1ccc2ncc(=O)n(CCC(=O)NC[C@@H]3CN(c4ccc5c(c4)NC(=O)CS5)C(=O)O3)c2c1. The Bertz CT molecular complexity index is 3180. The zero-order chi connectivity index (χ0) is 49.6. The molecule has 4 aromatic carbocycles. The molecule has 4 aliphatic heterocycles. The maximum absolute atomic E-state index is 12.5. The van der Waals surface area contributed by atoms with Crippen LogP contribution in [0.15, 0.2) is 106 Å². The van der Waals surface area contributed by atoms with Gasteiger partial charge in [-0.1, -0.05) is 0 Å². The van der Waals surface area contributed by atoms with Crippen LogP contribution in [0.1, 0.15) is 12.8 Å². The van der Waals surface area contributed by atoms with Crippen LogP contribution in [-0.2, 0) is 36.9 Å². The summed E-state index contributed by atoms with van der Waals surface area (Å²) in [5.74, 6) is 2.19. The lowest BCUT2D eigenvalue weighted by Crippen LogP contribution is -2.35. The minimum absolute atomic E-state index is 0.0583. The van der Waals surface area contributed by atoms with Crippen molar-refractivity contribution in [3.8, 4) is 23.0 Å². The van der Waals surface area contributed by atoms with E-state index in [4.69, 9.17) is 28.4 Å². The van der Waals surface area contributed by atoms with Gasteiger partial charge in [0.15, 0.2) is 11.5 Å². The standard InChI is InChI=1S/C25H25N3O7.C24H23N5O6S/c1-32-18-5-2-16-3-7-24(30)27(20(16)13-18)9-8-23(29)26-14-19-15-28(25(31)35-19)17-4-6-21-22(12-17)34-11-10-33-21;1-34-15-3-4-17-19(9-15)28(23(32)11-25-17)7-6-21(30)26-10-16-12-29(24(33)35-16)14-2-5-20-18(8-14)27-22(31)13-36-20/h2-7,12-13,19H,8-11,14-15H2,1H3,(H,26,29);2-5,8-9,11,16H,6-7,10,12-13H2,1H3,(H,26,30)(H,27,31)/t19-;16-/m11/s1. The van der Waals surface area contributed by atoms with E-state index in [2.05, 4.69) is 20.9 Å². The number of aryl methyl sites for hydroxylation is 2. The van der Waals surface area contributed by atoms with Gasteiger partial charge in [-0.25, -0.2) is 14.6 Å². The summed E-state index contributed by atoms with van der Waals surface area (Å²) in [6, 6.07) is 24.6. The minimum atomic E-state index is -0.532. The number of nitrogens with zero attached hydrogens (tertiary/aromatic N) is 5. The lowest BCUT2D eigenvalue weighted by atomic mass is 10.2. The van der Waals surface area contributed by atoms with Crippen molar-refractivity contribution in [3.63, 3.8) is 0 Å². The summed E-state index contributed by atoms with van der Waals surface area (Å²) in [7, 11) is 3.09. The number of ether oxygens (including phenoxy) is 6. The van der Waals surface area contributed by atoms with Crippen LogP contribution in [0.25, 0.3) is 21.9 Å².